The van der Waals surface area contributed by atoms with Crippen LogP contribution in [0, 0.1) is 6.92 Å². The molecular formula is C22H15Br2NO4. The first-order valence-corrected chi connectivity index (χ1v) is 10.3. The highest BCUT2D eigenvalue weighted by Crippen LogP contribution is 2.33. The number of nitrogens with zero attached hydrogens (tertiary/aromatic N) is 1. The molecule has 0 saturated carbocycles. The van der Waals surface area contributed by atoms with E-state index < -0.39 is 5.97 Å². The molecule has 0 aliphatic heterocycles. The summed E-state index contributed by atoms with van der Waals surface area (Å²) in [6.45, 7) is 1.72. The van der Waals surface area contributed by atoms with Gasteiger partial charge in [-0.1, -0.05) is 34.1 Å². The van der Waals surface area contributed by atoms with Gasteiger partial charge in [0.05, 0.1) is 18.2 Å². The summed E-state index contributed by atoms with van der Waals surface area (Å²) in [6.07, 6.45) is 0. The van der Waals surface area contributed by atoms with Crippen LogP contribution in [0.25, 0.3) is 22.2 Å². The lowest BCUT2D eigenvalue weighted by atomic mass is 10.1. The van der Waals surface area contributed by atoms with E-state index in [0.717, 1.165) is 14.5 Å². The van der Waals surface area contributed by atoms with Gasteiger partial charge in [-0.25, -0.2) is 4.79 Å². The van der Waals surface area contributed by atoms with E-state index in [1.165, 1.54) is 11.7 Å². The van der Waals surface area contributed by atoms with E-state index in [4.69, 9.17) is 9.15 Å². The summed E-state index contributed by atoms with van der Waals surface area (Å²) in [5, 5.41) is 0.660. The molecule has 0 amide bonds. The minimum atomic E-state index is -0.482. The fourth-order valence-corrected chi connectivity index (χ4v) is 4.63. The van der Waals surface area contributed by atoms with Crippen molar-refractivity contribution < 1.29 is 18.7 Å². The van der Waals surface area contributed by atoms with Crippen LogP contribution < -0.4 is 0 Å². The van der Waals surface area contributed by atoms with E-state index in [9.17, 15) is 9.59 Å². The van der Waals surface area contributed by atoms with E-state index in [1.807, 2.05) is 30.3 Å². The lowest BCUT2D eigenvalue weighted by Gasteiger charge is -2.06. The summed E-state index contributed by atoms with van der Waals surface area (Å²) in [4.78, 5) is 25.6. The minimum absolute atomic E-state index is 0.176. The number of ether oxygens (including phenoxy) is 1. The number of hydrogen-bond donors (Lipinski definition) is 0. The number of rotatable bonds is 3. The molecule has 29 heavy (non-hydrogen) atoms. The second kappa shape index (κ2) is 7.65. The molecule has 0 unspecified atom stereocenters. The number of fused-ring (bicyclic) bond motifs is 1. The molecule has 0 saturated heterocycles. The molecule has 5 nitrogen and oxygen atoms in total. The molecule has 4 rings (SSSR count). The number of halogens is 2. The Morgan fingerprint density at radius 2 is 1.79 bits per heavy atom. The summed E-state index contributed by atoms with van der Waals surface area (Å²) in [5.41, 5.74) is 2.33. The zero-order chi connectivity index (χ0) is 20.7. The van der Waals surface area contributed by atoms with Gasteiger partial charge in [-0.2, -0.15) is 0 Å². The Balaban J connectivity index is 1.82. The van der Waals surface area contributed by atoms with Gasteiger partial charge in [0, 0.05) is 25.6 Å². The monoisotopic (exact) mass is 515 g/mol. The maximum atomic E-state index is 13.3. The maximum Gasteiger partial charge on any atom is 0.340 e. The van der Waals surface area contributed by atoms with Crippen LogP contribution >= 0.6 is 31.9 Å². The first-order valence-electron chi connectivity index (χ1n) is 8.70. The number of carbonyl (C=O) groups is 2. The van der Waals surface area contributed by atoms with Crippen LogP contribution in [0.15, 0.2) is 68.0 Å². The second-order valence-corrected chi connectivity index (χ2v) is 8.17. The molecule has 4 aromatic rings. The maximum absolute atomic E-state index is 13.3. The summed E-state index contributed by atoms with van der Waals surface area (Å²) >= 11 is 6.94. The summed E-state index contributed by atoms with van der Waals surface area (Å²) in [7, 11) is 1.32. The van der Waals surface area contributed by atoms with Gasteiger partial charge >= 0.3 is 5.97 Å². The van der Waals surface area contributed by atoms with Crippen LogP contribution in [0.4, 0.5) is 0 Å². The lowest BCUT2D eigenvalue weighted by molar-refractivity contribution is 0.0602. The van der Waals surface area contributed by atoms with Gasteiger partial charge in [0.1, 0.15) is 5.76 Å². The molecule has 0 spiro atoms. The third kappa shape index (κ3) is 3.34. The van der Waals surface area contributed by atoms with Gasteiger partial charge < -0.3 is 9.15 Å². The average Bonchev–Trinajstić information content (AvgIpc) is 3.29. The first kappa shape index (κ1) is 19.7. The van der Waals surface area contributed by atoms with Crippen molar-refractivity contribution in [1.29, 1.82) is 0 Å². The van der Waals surface area contributed by atoms with Gasteiger partial charge in [0.15, 0.2) is 5.76 Å². The smallest absolute Gasteiger partial charge is 0.340 e. The van der Waals surface area contributed by atoms with Crippen molar-refractivity contribution in [3.05, 3.63) is 80.6 Å². The number of hydrogen-bond acceptors (Lipinski definition) is 4. The van der Waals surface area contributed by atoms with E-state index >= 15 is 0 Å². The average molecular weight is 517 g/mol. The molecule has 0 aliphatic carbocycles. The van der Waals surface area contributed by atoms with E-state index in [2.05, 4.69) is 31.9 Å². The quantitative estimate of drug-likeness (QED) is 0.304. The fraction of sp³-hybridized carbons (Fsp3) is 0.0909. The predicted octanol–water partition coefficient (Wildman–Crippen LogP) is 6.21. The molecule has 0 radical (unpaired) electrons. The number of furan rings is 1. The highest BCUT2D eigenvalue weighted by Gasteiger charge is 2.25. The molecule has 146 valence electrons. The normalized spacial score (nSPS) is 11.0. The van der Waals surface area contributed by atoms with Crippen LogP contribution in [-0.2, 0) is 4.74 Å². The van der Waals surface area contributed by atoms with E-state index in [-0.39, 0.29) is 11.7 Å². The Morgan fingerprint density at radius 1 is 1.03 bits per heavy atom. The Kier molecular flexibility index (Phi) is 5.19. The van der Waals surface area contributed by atoms with Crippen molar-refractivity contribution in [3.63, 3.8) is 0 Å². The van der Waals surface area contributed by atoms with Crippen LogP contribution in [-0.4, -0.2) is 23.6 Å². The minimum Gasteiger partial charge on any atom is -0.465 e. The number of methoxy groups -OCH3 is 1. The summed E-state index contributed by atoms with van der Waals surface area (Å²) < 4.78 is 14.0. The topological polar surface area (TPSA) is 61.4 Å². The molecule has 0 N–H and O–H groups in total. The van der Waals surface area contributed by atoms with Gasteiger partial charge in [0.2, 0.25) is 0 Å². The van der Waals surface area contributed by atoms with Crippen molar-refractivity contribution in [3.8, 4) is 11.3 Å². The zero-order valence-electron chi connectivity index (χ0n) is 15.5. The number of para-hydroxylation sites is 1. The molecule has 0 atom stereocenters. The second-order valence-electron chi connectivity index (χ2n) is 6.40. The largest absolute Gasteiger partial charge is 0.465 e. The Labute approximate surface area is 183 Å². The predicted molar refractivity (Wildman–Crippen MR) is 117 cm³/mol. The SMILES string of the molecule is COC(=O)c1c(C)n(C(=O)c2ccc(-c3ccc(Br)cc3Br)o2)c2ccccc12. The molecule has 2 heterocycles. The molecule has 2 aromatic heterocycles. The lowest BCUT2D eigenvalue weighted by Crippen LogP contribution is -2.14. The molecule has 0 bridgehead atoms. The van der Waals surface area contributed by atoms with Crippen LogP contribution in [0.5, 0.6) is 0 Å². The molecule has 0 aliphatic rings. The third-order valence-corrected chi connectivity index (χ3v) is 5.87. The molecule has 0 fully saturated rings. The van der Waals surface area contributed by atoms with Gasteiger partial charge in [0.25, 0.3) is 5.91 Å². The number of benzene rings is 2. The highest BCUT2D eigenvalue weighted by atomic mass is 79.9. The van der Waals surface area contributed by atoms with E-state index in [0.29, 0.717) is 27.9 Å². The van der Waals surface area contributed by atoms with E-state index in [1.54, 1.807) is 31.2 Å². The zero-order valence-corrected chi connectivity index (χ0v) is 18.7. The van der Waals surface area contributed by atoms with Crippen molar-refractivity contribution in [2.45, 2.75) is 6.92 Å². The number of carbonyl (C=O) groups excluding carboxylic acids is 2. The summed E-state index contributed by atoms with van der Waals surface area (Å²) in [6, 6.07) is 16.3. The van der Waals surface area contributed by atoms with Crippen molar-refractivity contribution in [2.24, 2.45) is 0 Å². The van der Waals surface area contributed by atoms with Crippen molar-refractivity contribution >= 4 is 54.6 Å². The molecular weight excluding hydrogens is 502 g/mol. The Bertz CT molecular complexity index is 1270. The molecule has 7 heteroatoms. The Morgan fingerprint density at radius 3 is 2.52 bits per heavy atom. The third-order valence-electron chi connectivity index (χ3n) is 4.72. The van der Waals surface area contributed by atoms with Gasteiger partial charge in [-0.3, -0.25) is 9.36 Å². The first-order chi connectivity index (χ1) is 13.9. The summed E-state index contributed by atoms with van der Waals surface area (Å²) in [5.74, 6) is -0.0948. The van der Waals surface area contributed by atoms with Gasteiger partial charge in [-0.05, 0) is 59.3 Å². The Hall–Kier alpha value is -2.64. The van der Waals surface area contributed by atoms with Gasteiger partial charge in [-0.15, -0.1) is 0 Å². The molecule has 2 aromatic carbocycles. The van der Waals surface area contributed by atoms with Crippen molar-refractivity contribution in [1.82, 2.24) is 4.57 Å². The number of esters is 1. The van der Waals surface area contributed by atoms with Crippen LogP contribution in [0.2, 0.25) is 0 Å². The van der Waals surface area contributed by atoms with Crippen molar-refractivity contribution in [2.75, 3.05) is 7.11 Å². The van der Waals surface area contributed by atoms with Crippen LogP contribution in [0.1, 0.15) is 26.6 Å². The highest BCUT2D eigenvalue weighted by molar-refractivity contribution is 9.11. The number of aromatic nitrogens is 1. The fourth-order valence-electron chi connectivity index (χ4n) is 3.39. The standard InChI is InChI=1S/C22H15Br2NO4/c1-12-20(22(27)28-2)15-5-3-4-6-17(15)25(12)21(26)19-10-9-18(29-19)14-8-7-13(23)11-16(14)24/h3-11H,1-2H3. The van der Waals surface area contributed by atoms with Crippen LogP contribution in [0.3, 0.4) is 0 Å².